The van der Waals surface area contributed by atoms with Gasteiger partial charge in [0, 0.05) is 25.8 Å². The third-order valence-corrected chi connectivity index (χ3v) is 3.73. The van der Waals surface area contributed by atoms with Crippen LogP contribution in [-0.2, 0) is 11.2 Å². The second-order valence-corrected chi connectivity index (χ2v) is 5.50. The Morgan fingerprint density at radius 1 is 0.952 bits per heavy atom. The molecule has 0 bridgehead atoms. The quantitative estimate of drug-likeness (QED) is 0.791. The lowest BCUT2D eigenvalue weighted by Gasteiger charge is -2.24. The van der Waals surface area contributed by atoms with Crippen LogP contribution in [-0.4, -0.2) is 19.8 Å². The zero-order valence-electron chi connectivity index (χ0n) is 13.0. The molecule has 0 saturated heterocycles. The molecule has 2 unspecified atom stereocenters. The second kappa shape index (κ2) is 8.60. The Morgan fingerprint density at radius 3 is 2.19 bits per heavy atom. The highest BCUT2D eigenvalue weighted by Crippen LogP contribution is 2.19. The average molecular weight is 283 g/mol. The van der Waals surface area contributed by atoms with Gasteiger partial charge in [0.1, 0.15) is 0 Å². The minimum absolute atomic E-state index is 0.334. The molecular formula is C19H25NO. The van der Waals surface area contributed by atoms with E-state index in [1.165, 1.54) is 11.1 Å². The summed E-state index contributed by atoms with van der Waals surface area (Å²) in [5.41, 5.74) is 2.70. The Bertz CT molecular complexity index is 497. The van der Waals surface area contributed by atoms with Gasteiger partial charge in [-0.15, -0.1) is 0 Å². The highest BCUT2D eigenvalue weighted by atomic mass is 16.5. The fourth-order valence-electron chi connectivity index (χ4n) is 2.53. The van der Waals surface area contributed by atoms with Gasteiger partial charge in [0.2, 0.25) is 0 Å². The summed E-state index contributed by atoms with van der Waals surface area (Å²) in [6, 6.07) is 22.1. The van der Waals surface area contributed by atoms with Crippen molar-refractivity contribution in [2.45, 2.75) is 31.8 Å². The van der Waals surface area contributed by atoms with Crippen molar-refractivity contribution < 1.29 is 4.74 Å². The van der Waals surface area contributed by atoms with Crippen molar-refractivity contribution in [3.8, 4) is 0 Å². The molecule has 2 atom stereocenters. The Kier molecular flexibility index (Phi) is 6.45. The van der Waals surface area contributed by atoms with Gasteiger partial charge in [0.05, 0.1) is 0 Å². The second-order valence-electron chi connectivity index (χ2n) is 5.50. The van der Waals surface area contributed by atoms with E-state index in [1.54, 1.807) is 7.11 Å². The molecule has 21 heavy (non-hydrogen) atoms. The van der Waals surface area contributed by atoms with Crippen LogP contribution in [0.1, 0.15) is 30.5 Å². The standard InChI is InChI=1S/C19H25NO/c1-16(13-14-21-2)20-19(18-11-7-4-8-12-18)15-17-9-5-3-6-10-17/h3-12,16,19-20H,13-15H2,1-2H3. The van der Waals surface area contributed by atoms with E-state index in [0.717, 1.165) is 19.4 Å². The lowest BCUT2D eigenvalue weighted by molar-refractivity contribution is 0.182. The molecule has 2 aromatic carbocycles. The first-order valence-electron chi connectivity index (χ1n) is 7.63. The van der Waals surface area contributed by atoms with Crippen molar-refractivity contribution in [2.24, 2.45) is 0 Å². The van der Waals surface area contributed by atoms with E-state index in [2.05, 4.69) is 72.9 Å². The smallest absolute Gasteiger partial charge is 0.0476 e. The molecular weight excluding hydrogens is 258 g/mol. The number of rotatable bonds is 8. The van der Waals surface area contributed by atoms with E-state index >= 15 is 0 Å². The monoisotopic (exact) mass is 283 g/mol. The minimum Gasteiger partial charge on any atom is -0.385 e. The Morgan fingerprint density at radius 2 is 1.57 bits per heavy atom. The fraction of sp³-hybridized carbons (Fsp3) is 0.368. The van der Waals surface area contributed by atoms with Crippen molar-refractivity contribution in [3.05, 3.63) is 71.8 Å². The highest BCUT2D eigenvalue weighted by Gasteiger charge is 2.14. The van der Waals surface area contributed by atoms with Crippen LogP contribution in [0.4, 0.5) is 0 Å². The first-order valence-corrected chi connectivity index (χ1v) is 7.63. The Labute approximate surface area is 128 Å². The maximum atomic E-state index is 5.18. The Hall–Kier alpha value is -1.64. The molecule has 0 saturated carbocycles. The summed E-state index contributed by atoms with van der Waals surface area (Å²) in [5, 5.41) is 3.74. The number of hydrogen-bond acceptors (Lipinski definition) is 2. The molecule has 0 spiro atoms. The molecule has 0 aliphatic heterocycles. The fourth-order valence-corrected chi connectivity index (χ4v) is 2.53. The van der Waals surface area contributed by atoms with Crippen LogP contribution in [0.3, 0.4) is 0 Å². The van der Waals surface area contributed by atoms with Gasteiger partial charge in [-0.3, -0.25) is 0 Å². The van der Waals surface area contributed by atoms with E-state index in [1.807, 2.05) is 0 Å². The molecule has 0 amide bonds. The summed E-state index contributed by atoms with van der Waals surface area (Å²) >= 11 is 0. The van der Waals surface area contributed by atoms with Gasteiger partial charge in [0.15, 0.2) is 0 Å². The average Bonchev–Trinajstić information content (AvgIpc) is 2.54. The first kappa shape index (κ1) is 15.7. The molecule has 0 aliphatic rings. The molecule has 0 fully saturated rings. The zero-order chi connectivity index (χ0) is 14.9. The Balaban J connectivity index is 2.07. The van der Waals surface area contributed by atoms with Crippen LogP contribution in [0.2, 0.25) is 0 Å². The van der Waals surface area contributed by atoms with Gasteiger partial charge in [-0.2, -0.15) is 0 Å². The molecule has 0 aliphatic carbocycles. The third kappa shape index (κ3) is 5.33. The third-order valence-electron chi connectivity index (χ3n) is 3.73. The van der Waals surface area contributed by atoms with Crippen LogP contribution < -0.4 is 5.32 Å². The number of hydrogen-bond donors (Lipinski definition) is 1. The molecule has 0 heterocycles. The molecule has 2 rings (SSSR count). The SMILES string of the molecule is COCCC(C)NC(Cc1ccccc1)c1ccccc1. The van der Waals surface area contributed by atoms with Crippen LogP contribution in [0.15, 0.2) is 60.7 Å². The molecule has 2 nitrogen and oxygen atoms in total. The van der Waals surface area contributed by atoms with Crippen LogP contribution in [0.25, 0.3) is 0 Å². The van der Waals surface area contributed by atoms with E-state index < -0.39 is 0 Å². The number of benzene rings is 2. The number of ether oxygens (including phenoxy) is 1. The topological polar surface area (TPSA) is 21.3 Å². The summed E-state index contributed by atoms with van der Waals surface area (Å²) in [7, 11) is 1.76. The van der Waals surface area contributed by atoms with E-state index in [9.17, 15) is 0 Å². The van der Waals surface area contributed by atoms with Gasteiger partial charge in [-0.25, -0.2) is 0 Å². The van der Waals surface area contributed by atoms with Gasteiger partial charge >= 0.3 is 0 Å². The molecule has 1 N–H and O–H groups in total. The van der Waals surface area contributed by atoms with Gasteiger partial charge < -0.3 is 10.1 Å². The van der Waals surface area contributed by atoms with E-state index in [-0.39, 0.29) is 0 Å². The van der Waals surface area contributed by atoms with Gasteiger partial charge in [-0.1, -0.05) is 60.7 Å². The van der Waals surface area contributed by atoms with Crippen LogP contribution in [0, 0.1) is 0 Å². The normalized spacial score (nSPS) is 13.8. The molecule has 0 radical (unpaired) electrons. The maximum absolute atomic E-state index is 5.18. The summed E-state index contributed by atoms with van der Waals surface area (Å²) in [6.45, 7) is 3.01. The minimum atomic E-state index is 0.334. The summed E-state index contributed by atoms with van der Waals surface area (Å²) < 4.78 is 5.18. The lowest BCUT2D eigenvalue weighted by Crippen LogP contribution is -2.32. The van der Waals surface area contributed by atoms with Crippen molar-refractivity contribution in [1.82, 2.24) is 5.32 Å². The summed E-state index contributed by atoms with van der Waals surface area (Å²) in [4.78, 5) is 0. The predicted octanol–water partition coefficient (Wildman–Crippen LogP) is 3.99. The largest absolute Gasteiger partial charge is 0.385 e. The number of nitrogens with one attached hydrogen (secondary N) is 1. The highest BCUT2D eigenvalue weighted by molar-refractivity contribution is 5.23. The molecule has 0 aromatic heterocycles. The van der Waals surface area contributed by atoms with E-state index in [0.29, 0.717) is 12.1 Å². The first-order chi connectivity index (χ1) is 10.3. The van der Waals surface area contributed by atoms with Crippen LogP contribution >= 0.6 is 0 Å². The maximum Gasteiger partial charge on any atom is 0.0476 e. The molecule has 112 valence electrons. The summed E-state index contributed by atoms with van der Waals surface area (Å²) in [6.07, 6.45) is 2.02. The van der Waals surface area contributed by atoms with Gasteiger partial charge in [-0.05, 0) is 30.9 Å². The van der Waals surface area contributed by atoms with Crippen LogP contribution in [0.5, 0.6) is 0 Å². The van der Waals surface area contributed by atoms with Crippen molar-refractivity contribution in [3.63, 3.8) is 0 Å². The van der Waals surface area contributed by atoms with Crippen molar-refractivity contribution in [2.75, 3.05) is 13.7 Å². The van der Waals surface area contributed by atoms with Gasteiger partial charge in [0.25, 0.3) is 0 Å². The molecule has 2 aromatic rings. The zero-order valence-corrected chi connectivity index (χ0v) is 13.0. The van der Waals surface area contributed by atoms with E-state index in [4.69, 9.17) is 4.74 Å². The predicted molar refractivity (Wildman–Crippen MR) is 88.4 cm³/mol. The lowest BCUT2D eigenvalue weighted by atomic mass is 9.98. The van der Waals surface area contributed by atoms with Crippen molar-refractivity contribution >= 4 is 0 Å². The molecule has 2 heteroatoms. The van der Waals surface area contributed by atoms with Crippen molar-refractivity contribution in [1.29, 1.82) is 0 Å². The summed E-state index contributed by atoms with van der Waals surface area (Å²) in [5.74, 6) is 0. The number of methoxy groups -OCH3 is 1.